The molecule has 0 radical (unpaired) electrons. The van der Waals surface area contributed by atoms with Crippen LogP contribution < -0.4 is 5.73 Å². The summed E-state index contributed by atoms with van der Waals surface area (Å²) in [5, 5.41) is 0. The van der Waals surface area contributed by atoms with Gasteiger partial charge in [-0.25, -0.2) is 9.78 Å². The lowest BCUT2D eigenvalue weighted by Gasteiger charge is -2.35. The lowest BCUT2D eigenvalue weighted by Crippen LogP contribution is -2.42. The monoisotopic (exact) mass is 361 g/mol. The molecule has 1 aliphatic heterocycles. The van der Waals surface area contributed by atoms with E-state index in [4.69, 9.17) is 10.5 Å². The summed E-state index contributed by atoms with van der Waals surface area (Å²) < 4.78 is 5.84. The second-order valence-corrected chi connectivity index (χ2v) is 8.55. The molecule has 1 amide bonds. The van der Waals surface area contributed by atoms with Crippen molar-refractivity contribution in [3.05, 3.63) is 23.9 Å². The number of nitrogen functional groups attached to an aromatic ring is 1. The normalized spacial score (nSPS) is 17.2. The Morgan fingerprint density at radius 1 is 1.35 bits per heavy atom. The summed E-state index contributed by atoms with van der Waals surface area (Å²) in [6.45, 7) is 10.1. The van der Waals surface area contributed by atoms with Crippen molar-refractivity contribution in [1.82, 2.24) is 9.88 Å². The van der Waals surface area contributed by atoms with E-state index in [0.717, 1.165) is 57.3 Å². The van der Waals surface area contributed by atoms with Crippen LogP contribution in [0.2, 0.25) is 0 Å². The topological polar surface area (TPSA) is 68.5 Å². The first-order valence-corrected chi connectivity index (χ1v) is 9.96. The molecule has 5 nitrogen and oxygen atoms in total. The second-order valence-electron chi connectivity index (χ2n) is 8.55. The molecule has 2 heterocycles. The smallest absolute Gasteiger partial charge is 0.410 e. The molecule has 0 aromatic carbocycles. The van der Waals surface area contributed by atoms with Gasteiger partial charge in [-0.3, -0.25) is 0 Å². The third-order valence-electron chi connectivity index (χ3n) is 5.27. The largest absolute Gasteiger partial charge is 0.446 e. The van der Waals surface area contributed by atoms with Crippen LogP contribution in [0.1, 0.15) is 65.5 Å². The first-order chi connectivity index (χ1) is 12.3. The Morgan fingerprint density at radius 3 is 2.62 bits per heavy atom. The fraction of sp³-hybridized carbons (Fsp3) is 0.714. The van der Waals surface area contributed by atoms with Crippen molar-refractivity contribution >= 4 is 11.9 Å². The second kappa shape index (κ2) is 9.24. The number of hydrogen-bond acceptors (Lipinski definition) is 4. The first kappa shape index (κ1) is 20.5. The van der Waals surface area contributed by atoms with Gasteiger partial charge in [-0.1, -0.05) is 40.2 Å². The van der Waals surface area contributed by atoms with E-state index in [0.29, 0.717) is 11.7 Å². The Balaban J connectivity index is 1.77. The van der Waals surface area contributed by atoms with Crippen molar-refractivity contribution in [2.45, 2.75) is 72.3 Å². The third-order valence-corrected chi connectivity index (χ3v) is 5.27. The van der Waals surface area contributed by atoms with E-state index >= 15 is 0 Å². The summed E-state index contributed by atoms with van der Waals surface area (Å²) in [5.41, 5.74) is 6.78. The van der Waals surface area contributed by atoms with Gasteiger partial charge in [0.1, 0.15) is 11.9 Å². The summed E-state index contributed by atoms with van der Waals surface area (Å²) in [4.78, 5) is 18.8. The lowest BCUT2D eigenvalue weighted by molar-refractivity contribution is 0.000129. The summed E-state index contributed by atoms with van der Waals surface area (Å²) in [6.07, 6.45) is 5.88. The van der Waals surface area contributed by atoms with Crippen LogP contribution in [-0.2, 0) is 11.2 Å². The van der Waals surface area contributed by atoms with Crippen molar-refractivity contribution < 1.29 is 9.53 Å². The van der Waals surface area contributed by atoms with Crippen molar-refractivity contribution in [3.8, 4) is 0 Å². The number of carbonyl (C=O) groups is 1. The molecule has 2 N–H and O–H groups in total. The number of nitrogens with zero attached hydrogens (tertiary/aromatic N) is 2. The molecule has 1 aromatic rings. The van der Waals surface area contributed by atoms with Crippen molar-refractivity contribution in [1.29, 1.82) is 0 Å². The molecule has 1 fully saturated rings. The summed E-state index contributed by atoms with van der Waals surface area (Å²) in [6, 6.07) is 5.80. The number of piperidine rings is 1. The Kier molecular flexibility index (Phi) is 7.30. The number of rotatable bonds is 6. The van der Waals surface area contributed by atoms with Crippen LogP contribution in [0.25, 0.3) is 0 Å². The van der Waals surface area contributed by atoms with Crippen molar-refractivity contribution in [2.75, 3.05) is 18.8 Å². The minimum Gasteiger partial charge on any atom is -0.446 e. The van der Waals surface area contributed by atoms with Crippen LogP contribution in [0.15, 0.2) is 18.2 Å². The Hall–Kier alpha value is -1.78. The summed E-state index contributed by atoms with van der Waals surface area (Å²) in [7, 11) is 0. The van der Waals surface area contributed by atoms with Crippen LogP contribution in [0.4, 0.5) is 10.6 Å². The molecule has 1 atom stereocenters. The van der Waals surface area contributed by atoms with Gasteiger partial charge < -0.3 is 15.4 Å². The molecule has 5 heteroatoms. The molecule has 26 heavy (non-hydrogen) atoms. The highest BCUT2D eigenvalue weighted by Crippen LogP contribution is 2.28. The van der Waals surface area contributed by atoms with Crippen LogP contribution in [0, 0.1) is 11.3 Å². The van der Waals surface area contributed by atoms with Gasteiger partial charge in [0.15, 0.2) is 0 Å². The molecule has 0 aliphatic carbocycles. The maximum Gasteiger partial charge on any atom is 0.410 e. The highest BCUT2D eigenvalue weighted by atomic mass is 16.6. The van der Waals surface area contributed by atoms with E-state index in [1.165, 1.54) is 0 Å². The van der Waals surface area contributed by atoms with E-state index < -0.39 is 0 Å². The average molecular weight is 362 g/mol. The molecule has 1 saturated heterocycles. The predicted molar refractivity (Wildman–Crippen MR) is 106 cm³/mol. The standard InChI is InChI=1S/C21H35N3O2/c1-5-7-18(21(2,3)4)26-20(25)24-14-12-16(13-15-24)10-11-17-8-6-9-19(22)23-17/h6,8-9,16,18H,5,7,10-15H2,1-4H3,(H2,22,23). The molecular formula is C21H35N3O2. The van der Waals surface area contributed by atoms with Crippen LogP contribution >= 0.6 is 0 Å². The molecule has 146 valence electrons. The van der Waals surface area contributed by atoms with Crippen LogP contribution in [0.5, 0.6) is 0 Å². The van der Waals surface area contributed by atoms with Gasteiger partial charge in [-0.2, -0.15) is 0 Å². The fourth-order valence-electron chi connectivity index (χ4n) is 3.52. The van der Waals surface area contributed by atoms with E-state index in [1.807, 2.05) is 23.1 Å². The zero-order chi connectivity index (χ0) is 19.2. The zero-order valence-electron chi connectivity index (χ0n) is 16.8. The maximum atomic E-state index is 12.5. The minimum atomic E-state index is -0.144. The lowest BCUT2D eigenvalue weighted by atomic mass is 9.86. The molecule has 1 unspecified atom stereocenters. The van der Waals surface area contributed by atoms with Crippen LogP contribution in [0.3, 0.4) is 0 Å². The number of hydrogen-bond donors (Lipinski definition) is 1. The van der Waals surface area contributed by atoms with Gasteiger partial charge in [0, 0.05) is 18.8 Å². The predicted octanol–water partition coefficient (Wildman–Crippen LogP) is 4.66. The number of aromatic nitrogens is 1. The molecule has 0 spiro atoms. The molecule has 1 aromatic heterocycles. The SMILES string of the molecule is CCCC(OC(=O)N1CCC(CCc2cccc(N)n2)CC1)C(C)(C)C. The van der Waals surface area contributed by atoms with E-state index in [1.54, 1.807) is 0 Å². The Bertz CT molecular complexity index is 575. The molecular weight excluding hydrogens is 326 g/mol. The summed E-state index contributed by atoms with van der Waals surface area (Å²) in [5.74, 6) is 1.22. The molecule has 1 aliphatic rings. The van der Waals surface area contributed by atoms with Gasteiger partial charge in [-0.05, 0) is 55.6 Å². The highest BCUT2D eigenvalue weighted by Gasteiger charge is 2.31. The molecule has 0 saturated carbocycles. The molecule has 2 rings (SSSR count). The third kappa shape index (κ3) is 6.19. The quantitative estimate of drug-likeness (QED) is 0.800. The highest BCUT2D eigenvalue weighted by molar-refractivity contribution is 5.68. The number of aryl methyl sites for hydroxylation is 1. The first-order valence-electron chi connectivity index (χ1n) is 9.96. The number of amides is 1. The van der Waals surface area contributed by atoms with Gasteiger partial charge in [-0.15, -0.1) is 0 Å². The number of anilines is 1. The van der Waals surface area contributed by atoms with Gasteiger partial charge >= 0.3 is 6.09 Å². The Morgan fingerprint density at radius 2 is 2.04 bits per heavy atom. The fourth-order valence-corrected chi connectivity index (χ4v) is 3.52. The van der Waals surface area contributed by atoms with Gasteiger partial charge in [0.05, 0.1) is 0 Å². The number of nitrogens with two attached hydrogens (primary N) is 1. The van der Waals surface area contributed by atoms with Gasteiger partial charge in [0.2, 0.25) is 0 Å². The van der Waals surface area contributed by atoms with Crippen molar-refractivity contribution in [3.63, 3.8) is 0 Å². The van der Waals surface area contributed by atoms with Crippen LogP contribution in [-0.4, -0.2) is 35.2 Å². The number of carbonyl (C=O) groups excluding carboxylic acids is 1. The van der Waals surface area contributed by atoms with E-state index in [2.05, 4.69) is 32.7 Å². The Labute approximate surface area is 158 Å². The maximum absolute atomic E-state index is 12.5. The van der Waals surface area contributed by atoms with E-state index in [9.17, 15) is 4.79 Å². The van der Waals surface area contributed by atoms with E-state index in [-0.39, 0.29) is 17.6 Å². The minimum absolute atomic E-state index is 0.0193. The number of ether oxygens (including phenoxy) is 1. The average Bonchev–Trinajstić information content (AvgIpc) is 2.59. The van der Waals surface area contributed by atoms with Crippen molar-refractivity contribution in [2.24, 2.45) is 11.3 Å². The number of pyridine rings is 1. The number of likely N-dealkylation sites (tertiary alicyclic amines) is 1. The van der Waals surface area contributed by atoms with Gasteiger partial charge in [0.25, 0.3) is 0 Å². The summed E-state index contributed by atoms with van der Waals surface area (Å²) >= 11 is 0. The zero-order valence-corrected chi connectivity index (χ0v) is 16.8. The molecule has 0 bridgehead atoms.